The van der Waals surface area contributed by atoms with E-state index in [1.807, 2.05) is 0 Å². The molecule has 4 fully saturated rings. The van der Waals surface area contributed by atoms with Crippen LogP contribution in [-0.4, -0.2) is 24.8 Å². The summed E-state index contributed by atoms with van der Waals surface area (Å²) in [5.74, 6) is -2.05. The first kappa shape index (κ1) is 22.2. The van der Waals surface area contributed by atoms with Crippen molar-refractivity contribution in [2.45, 2.75) is 90.9 Å². The third kappa shape index (κ3) is 3.33. The average Bonchev–Trinajstić information content (AvgIpc) is 3.04. The summed E-state index contributed by atoms with van der Waals surface area (Å²) >= 11 is 0. The average molecular weight is 425 g/mol. The highest BCUT2D eigenvalue weighted by Gasteiger charge is 2.67. The predicted molar refractivity (Wildman–Crippen MR) is 111 cm³/mol. The van der Waals surface area contributed by atoms with Crippen LogP contribution in [0.4, 0.5) is 8.78 Å². The first-order valence-corrected chi connectivity index (χ1v) is 12.0. The molecule has 0 bridgehead atoms. The van der Waals surface area contributed by atoms with Crippen LogP contribution in [0.1, 0.15) is 85.0 Å². The number of ketones is 1. The molecule has 0 aromatic rings. The van der Waals surface area contributed by atoms with Crippen LogP contribution in [0.25, 0.3) is 0 Å². The summed E-state index contributed by atoms with van der Waals surface area (Å²) in [4.78, 5) is 23.6. The van der Waals surface area contributed by atoms with Crippen molar-refractivity contribution in [1.82, 2.24) is 0 Å². The Labute approximate surface area is 179 Å². The van der Waals surface area contributed by atoms with Crippen LogP contribution < -0.4 is 0 Å². The molecule has 0 heterocycles. The van der Waals surface area contributed by atoms with Gasteiger partial charge in [-0.05, 0) is 78.9 Å². The fourth-order valence-electron chi connectivity index (χ4n) is 8.69. The lowest BCUT2D eigenvalue weighted by Gasteiger charge is -2.62. The molecule has 4 aliphatic carbocycles. The van der Waals surface area contributed by atoms with Gasteiger partial charge in [-0.2, -0.15) is 0 Å². The Hall–Kier alpha value is -1.00. The van der Waals surface area contributed by atoms with Gasteiger partial charge < -0.3 is 4.74 Å². The Kier molecular flexibility index (Phi) is 5.59. The first-order valence-electron chi connectivity index (χ1n) is 12.0. The van der Waals surface area contributed by atoms with E-state index < -0.39 is 17.3 Å². The number of ether oxygens (including phenoxy) is 1. The van der Waals surface area contributed by atoms with Gasteiger partial charge in [0.15, 0.2) is 0 Å². The van der Waals surface area contributed by atoms with Crippen LogP contribution in [0.2, 0.25) is 0 Å². The van der Waals surface area contributed by atoms with E-state index in [0.29, 0.717) is 42.9 Å². The topological polar surface area (TPSA) is 43.4 Å². The third-order valence-electron chi connectivity index (χ3n) is 10.3. The van der Waals surface area contributed by atoms with Crippen molar-refractivity contribution in [3.63, 3.8) is 0 Å². The van der Waals surface area contributed by atoms with Gasteiger partial charge >= 0.3 is 5.97 Å². The number of methoxy groups -OCH3 is 1. The van der Waals surface area contributed by atoms with Crippen molar-refractivity contribution in [3.8, 4) is 0 Å². The number of halogens is 2. The highest BCUT2D eigenvalue weighted by molar-refractivity contribution is 5.80. The Morgan fingerprint density at radius 1 is 1.13 bits per heavy atom. The molecule has 0 N–H and O–H groups in total. The van der Waals surface area contributed by atoms with Crippen molar-refractivity contribution in [2.75, 3.05) is 7.11 Å². The molecule has 0 saturated heterocycles. The van der Waals surface area contributed by atoms with E-state index >= 15 is 8.78 Å². The molecule has 0 aromatic heterocycles. The molecule has 0 spiro atoms. The van der Waals surface area contributed by atoms with Crippen molar-refractivity contribution in [1.29, 1.82) is 0 Å². The van der Waals surface area contributed by atoms with E-state index in [1.165, 1.54) is 7.11 Å². The Morgan fingerprint density at radius 3 is 2.53 bits per heavy atom. The van der Waals surface area contributed by atoms with Gasteiger partial charge in [-0.25, -0.2) is 8.78 Å². The maximum atomic E-state index is 15.4. The third-order valence-corrected chi connectivity index (χ3v) is 10.3. The summed E-state index contributed by atoms with van der Waals surface area (Å²) in [6.07, 6.45) is 6.60. The normalized spacial score (nSPS) is 45.8. The van der Waals surface area contributed by atoms with E-state index in [4.69, 9.17) is 4.74 Å². The highest BCUT2D eigenvalue weighted by Crippen LogP contribution is 2.70. The smallest absolute Gasteiger partial charge is 0.305 e. The molecule has 8 atom stereocenters. The number of rotatable bonds is 4. The molecule has 30 heavy (non-hydrogen) atoms. The Balaban J connectivity index is 1.56. The van der Waals surface area contributed by atoms with Crippen LogP contribution >= 0.6 is 0 Å². The van der Waals surface area contributed by atoms with E-state index in [1.54, 1.807) is 0 Å². The number of carbonyl (C=O) groups is 2. The Bertz CT molecular complexity index is 707. The van der Waals surface area contributed by atoms with Crippen LogP contribution in [0, 0.1) is 46.3 Å². The fraction of sp³-hybridized carbons (Fsp3) is 0.920. The number of fused-ring (bicyclic) bond motifs is 5. The molecular weight excluding hydrogens is 386 g/mol. The lowest BCUT2D eigenvalue weighted by Crippen LogP contribution is -2.60. The summed E-state index contributed by atoms with van der Waals surface area (Å²) in [6, 6.07) is 0. The van der Waals surface area contributed by atoms with E-state index in [0.717, 1.165) is 32.1 Å². The van der Waals surface area contributed by atoms with Gasteiger partial charge in [0, 0.05) is 31.6 Å². The van der Waals surface area contributed by atoms with Crippen LogP contribution in [0.5, 0.6) is 0 Å². The van der Waals surface area contributed by atoms with Crippen molar-refractivity contribution >= 4 is 11.8 Å². The van der Waals surface area contributed by atoms with Crippen LogP contribution in [0.15, 0.2) is 0 Å². The number of carbonyl (C=O) groups excluding carboxylic acids is 2. The molecule has 4 saturated carbocycles. The maximum Gasteiger partial charge on any atom is 0.305 e. The van der Waals surface area contributed by atoms with Crippen LogP contribution in [-0.2, 0) is 14.3 Å². The number of esters is 1. The minimum absolute atomic E-state index is 0.0246. The number of alkyl halides is 2. The van der Waals surface area contributed by atoms with Crippen molar-refractivity contribution in [3.05, 3.63) is 0 Å². The minimum Gasteiger partial charge on any atom is -0.469 e. The van der Waals surface area contributed by atoms with Crippen molar-refractivity contribution in [2.24, 2.45) is 46.3 Å². The molecule has 4 rings (SSSR count). The fourth-order valence-corrected chi connectivity index (χ4v) is 8.69. The largest absolute Gasteiger partial charge is 0.469 e. The summed E-state index contributed by atoms with van der Waals surface area (Å²) in [5.41, 5.74) is -0.323. The summed E-state index contributed by atoms with van der Waals surface area (Å²) in [5, 5.41) is 0. The second kappa shape index (κ2) is 7.55. The molecule has 0 amide bonds. The lowest BCUT2D eigenvalue weighted by molar-refractivity contribution is -0.223. The summed E-state index contributed by atoms with van der Waals surface area (Å²) in [6.45, 7) is 6.65. The lowest BCUT2D eigenvalue weighted by atomic mass is 9.43. The number of hydrogen-bond acceptors (Lipinski definition) is 3. The van der Waals surface area contributed by atoms with E-state index in [9.17, 15) is 9.59 Å². The monoisotopic (exact) mass is 424 g/mol. The number of hydrogen-bond donors (Lipinski definition) is 0. The zero-order valence-electron chi connectivity index (χ0n) is 19.0. The van der Waals surface area contributed by atoms with E-state index in [-0.39, 0.29) is 35.9 Å². The summed E-state index contributed by atoms with van der Waals surface area (Å²) in [7, 11) is 1.43. The minimum atomic E-state index is -2.74. The van der Waals surface area contributed by atoms with Gasteiger partial charge in [0.05, 0.1) is 7.11 Å². The predicted octanol–water partition coefficient (Wildman–Crippen LogP) is 6.05. The summed E-state index contributed by atoms with van der Waals surface area (Å²) < 4.78 is 35.6. The van der Waals surface area contributed by atoms with Gasteiger partial charge in [-0.3, -0.25) is 9.59 Å². The SMILES string of the molecule is COC(=O)CC[C@@H](C)[C@H]1CC[C@H]2[C@@H]3CC(F)(F)[C@H]4CC(=O)CC[C@]4(C)[C@H]3CC[C@]12C. The van der Waals surface area contributed by atoms with Crippen LogP contribution in [0.3, 0.4) is 0 Å². The van der Waals surface area contributed by atoms with E-state index in [2.05, 4.69) is 20.8 Å². The molecule has 170 valence electrons. The van der Waals surface area contributed by atoms with Crippen molar-refractivity contribution < 1.29 is 23.1 Å². The standard InChI is InChI=1S/C25H38F2O3/c1-15(5-8-22(29)30-4)18-6-7-19-17-14-25(26,27)21-13-16(28)9-11-24(21,3)20(17)10-12-23(18,19)2/h15,17-21H,5-14H2,1-4H3/t15-,17+,18-,19+,20+,21+,23-,24-/m1/s1. The first-order chi connectivity index (χ1) is 14.0. The van der Waals surface area contributed by atoms with Gasteiger partial charge in [-0.15, -0.1) is 0 Å². The van der Waals surface area contributed by atoms with Gasteiger partial charge in [0.2, 0.25) is 0 Å². The molecule has 5 heteroatoms. The van der Waals surface area contributed by atoms with Gasteiger partial charge in [-0.1, -0.05) is 20.8 Å². The second-order valence-electron chi connectivity index (χ2n) is 11.5. The van der Waals surface area contributed by atoms with Gasteiger partial charge in [0.1, 0.15) is 5.78 Å². The zero-order valence-corrected chi connectivity index (χ0v) is 19.0. The molecule has 0 radical (unpaired) electrons. The molecule has 3 nitrogen and oxygen atoms in total. The molecule has 0 unspecified atom stereocenters. The Morgan fingerprint density at radius 2 is 1.83 bits per heavy atom. The maximum absolute atomic E-state index is 15.4. The highest BCUT2D eigenvalue weighted by atomic mass is 19.3. The number of Topliss-reactive ketones (excluding diaryl/α,β-unsaturated/α-hetero) is 1. The quantitative estimate of drug-likeness (QED) is 0.516. The zero-order chi connectivity index (χ0) is 21.9. The second-order valence-corrected chi connectivity index (χ2v) is 11.5. The molecular formula is C25H38F2O3. The van der Waals surface area contributed by atoms with Gasteiger partial charge in [0.25, 0.3) is 5.92 Å². The molecule has 0 aliphatic heterocycles. The molecule has 4 aliphatic rings. The molecule has 0 aromatic carbocycles.